The minimum absolute atomic E-state index is 0. The monoisotopic (exact) mass is 193 g/mol. The van der Waals surface area contributed by atoms with Crippen LogP contribution >= 0.6 is 0 Å². The number of nitrogen functional groups attached to an aromatic ring is 1. The fourth-order valence-corrected chi connectivity index (χ4v) is 1.53. The van der Waals surface area contributed by atoms with Crippen LogP contribution in [-0.2, 0) is 10.1 Å². The Hall–Kier alpha value is -0.473. The van der Waals surface area contributed by atoms with Crippen LogP contribution in [0.15, 0.2) is 23.1 Å². The molecule has 0 radical (unpaired) electrons. The number of hydrogen-bond acceptors (Lipinski definition) is 4. The van der Waals surface area contributed by atoms with Crippen molar-refractivity contribution in [1.29, 1.82) is 0 Å². The quantitative estimate of drug-likeness (QED) is 0.303. The maximum Gasteiger partial charge on any atom is 1.00 e. The second-order valence-corrected chi connectivity index (χ2v) is 3.91. The van der Waals surface area contributed by atoms with Crippen molar-refractivity contribution in [3.8, 4) is 0 Å². The first-order chi connectivity index (χ1) is 5.39. The first kappa shape index (κ1) is 12.5. The van der Waals surface area contributed by atoms with Gasteiger partial charge in [-0.1, -0.05) is 0 Å². The molecule has 0 aliphatic carbocycles. The topological polar surface area (TPSA) is 83.2 Å². The van der Waals surface area contributed by atoms with Gasteiger partial charge in [-0.05, 0) is 30.7 Å². The minimum Gasteiger partial charge on any atom is -0.744 e. The first-order valence-corrected chi connectivity index (χ1v) is 4.63. The van der Waals surface area contributed by atoms with Gasteiger partial charge >= 0.3 is 18.9 Å². The van der Waals surface area contributed by atoms with Crippen molar-refractivity contribution in [2.75, 3.05) is 5.73 Å². The zero-order chi connectivity index (χ0) is 9.35. The molecule has 0 fully saturated rings. The normalized spacial score (nSPS) is 10.6. The molecule has 0 spiro atoms. The Labute approximate surface area is 89.1 Å². The Morgan fingerprint density at radius 1 is 1.31 bits per heavy atom. The summed E-state index contributed by atoms with van der Waals surface area (Å²) in [6.45, 7) is 1.67. The molecule has 66 valence electrons. The Kier molecular flexibility index (Phi) is 4.01. The van der Waals surface area contributed by atoms with Crippen LogP contribution < -0.4 is 24.6 Å². The zero-order valence-electron chi connectivity index (χ0n) is 7.44. The molecule has 2 N–H and O–H groups in total. The van der Waals surface area contributed by atoms with Gasteiger partial charge in [-0.3, -0.25) is 0 Å². The van der Waals surface area contributed by atoms with Crippen LogP contribution in [0.25, 0.3) is 0 Å². The zero-order valence-corrected chi connectivity index (χ0v) is 8.26. The fourth-order valence-electron chi connectivity index (χ4n) is 0.921. The first-order valence-electron chi connectivity index (χ1n) is 3.22. The van der Waals surface area contributed by atoms with E-state index in [0.717, 1.165) is 6.07 Å². The molecule has 4 nitrogen and oxygen atoms in total. The summed E-state index contributed by atoms with van der Waals surface area (Å²) >= 11 is 0. The molecule has 0 saturated carbocycles. The summed E-state index contributed by atoms with van der Waals surface area (Å²) in [6, 6.07) is 4.03. The van der Waals surface area contributed by atoms with Gasteiger partial charge in [-0.25, -0.2) is 8.42 Å². The average molecular weight is 193 g/mol. The van der Waals surface area contributed by atoms with Gasteiger partial charge in [-0.2, -0.15) is 0 Å². The number of hydrogen-bond donors (Lipinski definition) is 1. The van der Waals surface area contributed by atoms with Crippen molar-refractivity contribution in [2.45, 2.75) is 11.8 Å². The van der Waals surface area contributed by atoms with E-state index in [-0.39, 0.29) is 29.4 Å². The van der Waals surface area contributed by atoms with E-state index in [1.54, 1.807) is 13.0 Å². The summed E-state index contributed by atoms with van der Waals surface area (Å²) in [5.41, 5.74) is 6.29. The van der Waals surface area contributed by atoms with Crippen LogP contribution in [0.4, 0.5) is 5.69 Å². The third kappa shape index (κ3) is 3.41. The molecule has 1 aromatic rings. The van der Waals surface area contributed by atoms with Gasteiger partial charge in [0, 0.05) is 5.69 Å². The molecule has 0 saturated heterocycles. The third-order valence-corrected chi connectivity index (χ3v) is 2.17. The largest absolute Gasteiger partial charge is 1.00 e. The molecule has 13 heavy (non-hydrogen) atoms. The standard InChI is InChI=1S/C7H9NO3S.Li/c1-5-2-6(8)4-7(3-5)12(9,10)11;/h2-4H,8H2,1H3,(H,9,10,11);/q;+1/p-1. The van der Waals surface area contributed by atoms with E-state index < -0.39 is 10.1 Å². The van der Waals surface area contributed by atoms with Crippen LogP contribution in [0, 0.1) is 6.92 Å². The van der Waals surface area contributed by atoms with Crippen LogP contribution in [-0.4, -0.2) is 13.0 Å². The molecule has 0 aliphatic heterocycles. The van der Waals surface area contributed by atoms with Crippen LogP contribution in [0.5, 0.6) is 0 Å². The summed E-state index contributed by atoms with van der Waals surface area (Å²) in [5, 5.41) is 0. The van der Waals surface area contributed by atoms with E-state index in [4.69, 9.17) is 5.73 Å². The molecule has 0 heterocycles. The smallest absolute Gasteiger partial charge is 0.744 e. The van der Waals surface area contributed by atoms with Gasteiger partial charge in [0.25, 0.3) is 0 Å². The molecule has 0 atom stereocenters. The van der Waals surface area contributed by atoms with E-state index in [9.17, 15) is 13.0 Å². The molecule has 0 aromatic heterocycles. The Balaban J connectivity index is 0.00000144. The van der Waals surface area contributed by atoms with Gasteiger partial charge < -0.3 is 10.3 Å². The molecule has 0 aliphatic rings. The third-order valence-electron chi connectivity index (χ3n) is 1.36. The molecule has 1 aromatic carbocycles. The maximum absolute atomic E-state index is 10.5. The van der Waals surface area contributed by atoms with E-state index >= 15 is 0 Å². The number of nitrogens with two attached hydrogens (primary N) is 1. The number of benzene rings is 1. The van der Waals surface area contributed by atoms with Gasteiger partial charge in [0.15, 0.2) is 0 Å². The second-order valence-electron chi connectivity index (χ2n) is 2.53. The average Bonchev–Trinajstić information content (AvgIpc) is 1.82. The van der Waals surface area contributed by atoms with Gasteiger partial charge in [0.1, 0.15) is 10.1 Å². The van der Waals surface area contributed by atoms with E-state index in [1.807, 2.05) is 0 Å². The predicted octanol–water partition coefficient (Wildman–Crippen LogP) is -2.51. The Morgan fingerprint density at radius 2 is 1.85 bits per heavy atom. The maximum atomic E-state index is 10.5. The summed E-state index contributed by atoms with van der Waals surface area (Å²) < 4.78 is 31.6. The molecule has 0 unspecified atom stereocenters. The van der Waals surface area contributed by atoms with Crippen LogP contribution in [0.2, 0.25) is 0 Å². The molecule has 6 heteroatoms. The van der Waals surface area contributed by atoms with Crippen molar-refractivity contribution in [3.63, 3.8) is 0 Å². The summed E-state index contributed by atoms with van der Waals surface area (Å²) in [5.74, 6) is 0. The molecular formula is C7H8LiNO3S. The van der Waals surface area contributed by atoms with Crippen molar-refractivity contribution >= 4 is 15.8 Å². The van der Waals surface area contributed by atoms with Gasteiger partial charge in [0.05, 0.1) is 4.90 Å². The SMILES string of the molecule is Cc1cc(N)cc(S(=O)(=O)[O-])c1.[Li+]. The summed E-state index contributed by atoms with van der Waals surface area (Å²) in [4.78, 5) is -0.278. The summed E-state index contributed by atoms with van der Waals surface area (Å²) in [6.07, 6.45) is 0. The molecule has 0 bridgehead atoms. The van der Waals surface area contributed by atoms with Crippen LogP contribution in [0.1, 0.15) is 5.56 Å². The van der Waals surface area contributed by atoms with Gasteiger partial charge in [0.2, 0.25) is 0 Å². The molecule has 0 amide bonds. The molecular weight excluding hydrogens is 185 g/mol. The van der Waals surface area contributed by atoms with Crippen molar-refractivity contribution in [2.24, 2.45) is 0 Å². The summed E-state index contributed by atoms with van der Waals surface area (Å²) in [7, 11) is -4.38. The van der Waals surface area contributed by atoms with Gasteiger partial charge in [-0.15, -0.1) is 0 Å². The fraction of sp³-hybridized carbons (Fsp3) is 0.143. The Morgan fingerprint density at radius 3 is 2.23 bits per heavy atom. The minimum atomic E-state index is -4.38. The number of anilines is 1. The predicted molar refractivity (Wildman–Crippen MR) is 43.6 cm³/mol. The second kappa shape index (κ2) is 4.16. The number of rotatable bonds is 1. The van der Waals surface area contributed by atoms with Crippen molar-refractivity contribution in [1.82, 2.24) is 0 Å². The van der Waals surface area contributed by atoms with E-state index in [2.05, 4.69) is 0 Å². The van der Waals surface area contributed by atoms with E-state index in [0.29, 0.717) is 5.56 Å². The van der Waals surface area contributed by atoms with Crippen LogP contribution in [0.3, 0.4) is 0 Å². The molecule has 1 rings (SSSR count). The van der Waals surface area contributed by atoms with E-state index in [1.165, 1.54) is 6.07 Å². The number of aryl methyl sites for hydroxylation is 1. The van der Waals surface area contributed by atoms with Crippen molar-refractivity contribution < 1.29 is 31.8 Å². The van der Waals surface area contributed by atoms with Crippen molar-refractivity contribution in [3.05, 3.63) is 23.8 Å². The Bertz CT molecular complexity index is 382.